The third kappa shape index (κ3) is 2.98. The van der Waals surface area contributed by atoms with Gasteiger partial charge in [0.05, 0.1) is 17.9 Å². The molecule has 1 aromatic heterocycles. The summed E-state index contributed by atoms with van der Waals surface area (Å²) in [7, 11) is 0. The molecule has 1 saturated carbocycles. The van der Waals surface area contributed by atoms with Gasteiger partial charge in [0.2, 0.25) is 0 Å². The number of aromatic nitrogens is 2. The highest BCUT2D eigenvalue weighted by molar-refractivity contribution is 6.30. The third-order valence-corrected chi connectivity index (χ3v) is 4.03. The SMILES string of the molecule is CC(C)n1cc(NC(c2ccc(Cl)cc2)C2CC2)cn1. The summed E-state index contributed by atoms with van der Waals surface area (Å²) >= 11 is 5.98. The van der Waals surface area contributed by atoms with E-state index in [1.54, 1.807) is 0 Å². The zero-order chi connectivity index (χ0) is 14.1. The van der Waals surface area contributed by atoms with Crippen molar-refractivity contribution in [1.29, 1.82) is 0 Å². The summed E-state index contributed by atoms with van der Waals surface area (Å²) in [6.07, 6.45) is 6.57. The highest BCUT2D eigenvalue weighted by atomic mass is 35.5. The molecule has 106 valence electrons. The average molecular weight is 290 g/mol. The summed E-state index contributed by atoms with van der Waals surface area (Å²) in [6.45, 7) is 4.27. The van der Waals surface area contributed by atoms with E-state index in [0.717, 1.165) is 16.6 Å². The molecule has 1 fully saturated rings. The minimum absolute atomic E-state index is 0.358. The highest BCUT2D eigenvalue weighted by Crippen LogP contribution is 2.43. The summed E-state index contributed by atoms with van der Waals surface area (Å²) in [5.74, 6) is 0.721. The second-order valence-electron chi connectivity index (χ2n) is 5.81. The van der Waals surface area contributed by atoms with E-state index in [4.69, 9.17) is 11.6 Å². The van der Waals surface area contributed by atoms with Crippen LogP contribution in [0.1, 0.15) is 44.3 Å². The van der Waals surface area contributed by atoms with E-state index in [9.17, 15) is 0 Å². The van der Waals surface area contributed by atoms with Gasteiger partial charge in [0.15, 0.2) is 0 Å². The average Bonchev–Trinajstić information content (AvgIpc) is 3.15. The Morgan fingerprint density at radius 2 is 1.95 bits per heavy atom. The molecule has 2 aromatic rings. The molecule has 0 radical (unpaired) electrons. The van der Waals surface area contributed by atoms with Gasteiger partial charge in [0.1, 0.15) is 0 Å². The molecule has 0 aliphatic heterocycles. The van der Waals surface area contributed by atoms with Crippen LogP contribution < -0.4 is 5.32 Å². The lowest BCUT2D eigenvalue weighted by Crippen LogP contribution is -2.12. The maximum atomic E-state index is 5.98. The maximum Gasteiger partial charge on any atom is 0.0731 e. The van der Waals surface area contributed by atoms with Gasteiger partial charge in [-0.2, -0.15) is 5.10 Å². The maximum absolute atomic E-state index is 5.98. The van der Waals surface area contributed by atoms with Crippen molar-refractivity contribution < 1.29 is 0 Å². The van der Waals surface area contributed by atoms with Crippen molar-refractivity contribution in [2.24, 2.45) is 5.92 Å². The lowest BCUT2D eigenvalue weighted by Gasteiger charge is -2.19. The molecule has 1 heterocycles. The third-order valence-electron chi connectivity index (χ3n) is 3.78. The highest BCUT2D eigenvalue weighted by Gasteiger charge is 2.32. The van der Waals surface area contributed by atoms with Crippen LogP contribution in [0.2, 0.25) is 5.02 Å². The minimum Gasteiger partial charge on any atom is -0.375 e. The lowest BCUT2D eigenvalue weighted by atomic mass is 10.0. The Labute approximate surface area is 124 Å². The summed E-state index contributed by atoms with van der Waals surface area (Å²) < 4.78 is 1.98. The molecular formula is C16H20ClN3. The first-order valence-electron chi connectivity index (χ1n) is 7.19. The van der Waals surface area contributed by atoms with Gasteiger partial charge in [0, 0.05) is 17.3 Å². The Morgan fingerprint density at radius 3 is 2.50 bits per heavy atom. The van der Waals surface area contributed by atoms with Crippen LogP contribution in [0, 0.1) is 5.92 Å². The Hall–Kier alpha value is -1.48. The van der Waals surface area contributed by atoms with Crippen LogP contribution in [-0.2, 0) is 0 Å². The molecule has 4 heteroatoms. The quantitative estimate of drug-likeness (QED) is 0.866. The lowest BCUT2D eigenvalue weighted by molar-refractivity contribution is 0.532. The van der Waals surface area contributed by atoms with Gasteiger partial charge in [-0.15, -0.1) is 0 Å². The van der Waals surface area contributed by atoms with Crippen molar-refractivity contribution in [2.75, 3.05) is 5.32 Å². The first-order valence-corrected chi connectivity index (χ1v) is 7.57. The number of hydrogen-bond acceptors (Lipinski definition) is 2. The van der Waals surface area contributed by atoms with Crippen molar-refractivity contribution in [2.45, 2.75) is 38.8 Å². The van der Waals surface area contributed by atoms with Gasteiger partial charge in [0.25, 0.3) is 0 Å². The van der Waals surface area contributed by atoms with E-state index in [1.165, 1.54) is 18.4 Å². The number of anilines is 1. The minimum atomic E-state index is 0.358. The molecule has 0 spiro atoms. The van der Waals surface area contributed by atoms with Crippen LogP contribution in [0.3, 0.4) is 0 Å². The Kier molecular flexibility index (Phi) is 3.70. The number of hydrogen-bond donors (Lipinski definition) is 1. The Morgan fingerprint density at radius 1 is 1.25 bits per heavy atom. The first kappa shape index (κ1) is 13.5. The molecule has 1 aliphatic carbocycles. The van der Waals surface area contributed by atoms with Gasteiger partial charge >= 0.3 is 0 Å². The zero-order valence-corrected chi connectivity index (χ0v) is 12.6. The molecule has 0 amide bonds. The molecule has 1 aromatic carbocycles. The molecule has 1 aliphatic rings. The van der Waals surface area contributed by atoms with Crippen LogP contribution in [0.15, 0.2) is 36.7 Å². The standard InChI is InChI=1S/C16H20ClN3/c1-11(2)20-10-15(9-18-20)19-16(12-3-4-12)13-5-7-14(17)8-6-13/h5-12,16,19H,3-4H2,1-2H3. The van der Waals surface area contributed by atoms with Crippen LogP contribution >= 0.6 is 11.6 Å². The predicted octanol–water partition coefficient (Wildman–Crippen LogP) is 4.68. The van der Waals surface area contributed by atoms with E-state index in [1.807, 2.05) is 23.0 Å². The monoisotopic (exact) mass is 289 g/mol. The molecule has 0 bridgehead atoms. The summed E-state index contributed by atoms with van der Waals surface area (Å²) in [5.41, 5.74) is 2.39. The zero-order valence-electron chi connectivity index (χ0n) is 11.9. The fraction of sp³-hybridized carbons (Fsp3) is 0.438. The van der Waals surface area contributed by atoms with Crippen molar-refractivity contribution in [3.8, 4) is 0 Å². The molecular weight excluding hydrogens is 270 g/mol. The normalized spacial score (nSPS) is 16.4. The molecule has 3 nitrogen and oxygen atoms in total. The van der Waals surface area contributed by atoms with Crippen LogP contribution in [0.5, 0.6) is 0 Å². The van der Waals surface area contributed by atoms with Crippen LogP contribution in [0.25, 0.3) is 0 Å². The number of rotatable bonds is 5. The number of benzene rings is 1. The Bertz CT molecular complexity index is 570. The predicted molar refractivity (Wildman–Crippen MR) is 83.2 cm³/mol. The topological polar surface area (TPSA) is 29.9 Å². The van der Waals surface area contributed by atoms with Crippen LogP contribution in [-0.4, -0.2) is 9.78 Å². The fourth-order valence-electron chi connectivity index (χ4n) is 2.45. The van der Waals surface area contributed by atoms with Crippen molar-refractivity contribution in [1.82, 2.24) is 9.78 Å². The van der Waals surface area contributed by atoms with E-state index >= 15 is 0 Å². The molecule has 3 rings (SSSR count). The van der Waals surface area contributed by atoms with Gasteiger partial charge < -0.3 is 5.32 Å². The van der Waals surface area contributed by atoms with Crippen molar-refractivity contribution >= 4 is 17.3 Å². The van der Waals surface area contributed by atoms with Gasteiger partial charge in [-0.25, -0.2) is 0 Å². The van der Waals surface area contributed by atoms with E-state index in [0.29, 0.717) is 12.1 Å². The van der Waals surface area contributed by atoms with Crippen molar-refractivity contribution in [3.05, 3.63) is 47.2 Å². The second-order valence-corrected chi connectivity index (χ2v) is 6.25. The summed E-state index contributed by atoms with van der Waals surface area (Å²) in [5, 5.41) is 8.80. The van der Waals surface area contributed by atoms with Crippen molar-refractivity contribution in [3.63, 3.8) is 0 Å². The van der Waals surface area contributed by atoms with Gasteiger partial charge in [-0.3, -0.25) is 4.68 Å². The second kappa shape index (κ2) is 5.49. The molecule has 0 saturated heterocycles. The van der Waals surface area contributed by atoms with E-state index in [2.05, 4.69) is 42.6 Å². The number of halogens is 1. The number of nitrogens with one attached hydrogen (secondary N) is 1. The fourth-order valence-corrected chi connectivity index (χ4v) is 2.57. The summed E-state index contributed by atoms with van der Waals surface area (Å²) in [6, 6.07) is 8.91. The number of nitrogens with zero attached hydrogens (tertiary/aromatic N) is 2. The van der Waals surface area contributed by atoms with Gasteiger partial charge in [-0.1, -0.05) is 23.7 Å². The van der Waals surface area contributed by atoms with Gasteiger partial charge in [-0.05, 0) is 50.3 Å². The van der Waals surface area contributed by atoms with E-state index < -0.39 is 0 Å². The van der Waals surface area contributed by atoms with Crippen LogP contribution in [0.4, 0.5) is 5.69 Å². The molecule has 20 heavy (non-hydrogen) atoms. The molecule has 1 atom stereocenters. The first-order chi connectivity index (χ1) is 9.63. The van der Waals surface area contributed by atoms with E-state index in [-0.39, 0.29) is 0 Å². The largest absolute Gasteiger partial charge is 0.375 e. The summed E-state index contributed by atoms with van der Waals surface area (Å²) in [4.78, 5) is 0. The Balaban J connectivity index is 1.78. The molecule has 1 unspecified atom stereocenters. The smallest absolute Gasteiger partial charge is 0.0731 e. The molecule has 1 N–H and O–H groups in total.